The minimum absolute atomic E-state index is 0.161. The van der Waals surface area contributed by atoms with E-state index in [1.54, 1.807) is 30.3 Å². The van der Waals surface area contributed by atoms with Crippen molar-refractivity contribution in [3.8, 4) is 11.5 Å². The van der Waals surface area contributed by atoms with Gasteiger partial charge in [-0.25, -0.2) is 4.79 Å². The first-order valence-electron chi connectivity index (χ1n) is 4.92. The van der Waals surface area contributed by atoms with Crippen molar-refractivity contribution in [3.05, 3.63) is 57.7 Å². The molecule has 4 heteroatoms. The van der Waals surface area contributed by atoms with Crippen LogP contribution in [0.5, 0.6) is 11.5 Å². The molecule has 17 heavy (non-hydrogen) atoms. The first kappa shape index (κ1) is 11.9. The molecule has 0 heterocycles. The smallest absolute Gasteiger partial charge is 0.339 e. The second kappa shape index (κ2) is 5.18. The zero-order valence-corrected chi connectivity index (χ0v) is 10.9. The molecular formula is C13H9IO3. The molecule has 0 bridgehead atoms. The molecule has 2 aromatic carbocycles. The van der Waals surface area contributed by atoms with E-state index in [1.165, 1.54) is 0 Å². The maximum Gasteiger partial charge on any atom is 0.339 e. The number of aromatic carboxylic acids is 1. The molecule has 0 aliphatic heterocycles. The molecule has 0 aliphatic rings. The van der Waals surface area contributed by atoms with Crippen LogP contribution in [-0.2, 0) is 0 Å². The highest BCUT2D eigenvalue weighted by Gasteiger charge is 2.12. The minimum atomic E-state index is -0.993. The van der Waals surface area contributed by atoms with E-state index < -0.39 is 5.97 Å². The Morgan fingerprint density at radius 3 is 2.47 bits per heavy atom. The molecule has 0 atom stereocenters. The van der Waals surface area contributed by atoms with Crippen molar-refractivity contribution in [2.75, 3.05) is 0 Å². The van der Waals surface area contributed by atoms with Gasteiger partial charge in [0.15, 0.2) is 0 Å². The molecule has 0 aliphatic carbocycles. The Kier molecular flexibility index (Phi) is 3.63. The van der Waals surface area contributed by atoms with Crippen molar-refractivity contribution in [1.82, 2.24) is 0 Å². The van der Waals surface area contributed by atoms with Gasteiger partial charge in [-0.15, -0.1) is 0 Å². The summed E-state index contributed by atoms with van der Waals surface area (Å²) in [5.74, 6) is -0.0140. The van der Waals surface area contributed by atoms with Gasteiger partial charge in [0, 0.05) is 3.57 Å². The van der Waals surface area contributed by atoms with Crippen LogP contribution in [0.15, 0.2) is 48.5 Å². The monoisotopic (exact) mass is 340 g/mol. The third-order valence-corrected chi connectivity index (χ3v) is 2.82. The largest absolute Gasteiger partial charge is 0.478 e. The van der Waals surface area contributed by atoms with Crippen LogP contribution in [0, 0.1) is 3.57 Å². The van der Waals surface area contributed by atoms with Gasteiger partial charge in [0.25, 0.3) is 0 Å². The average molecular weight is 340 g/mol. The standard InChI is InChI=1S/C13H9IO3/c14-9-6-7-11(13(15)16)12(8-9)17-10-4-2-1-3-5-10/h1-8H,(H,15,16). The van der Waals surface area contributed by atoms with Crippen molar-refractivity contribution in [1.29, 1.82) is 0 Å². The molecule has 1 N–H and O–H groups in total. The molecule has 0 amide bonds. The Morgan fingerprint density at radius 2 is 1.82 bits per heavy atom. The molecule has 3 nitrogen and oxygen atoms in total. The number of carboxylic acids is 1. The fourth-order valence-corrected chi connectivity index (χ4v) is 1.84. The maximum atomic E-state index is 11.0. The predicted molar refractivity (Wildman–Crippen MR) is 72.6 cm³/mol. The third kappa shape index (κ3) is 2.97. The Hall–Kier alpha value is -1.56. The quantitative estimate of drug-likeness (QED) is 0.865. The fraction of sp³-hybridized carbons (Fsp3) is 0. The number of hydrogen-bond acceptors (Lipinski definition) is 2. The van der Waals surface area contributed by atoms with Crippen LogP contribution in [0.25, 0.3) is 0 Å². The van der Waals surface area contributed by atoms with Crippen LogP contribution in [0.2, 0.25) is 0 Å². The van der Waals surface area contributed by atoms with Crippen LogP contribution >= 0.6 is 22.6 Å². The summed E-state index contributed by atoms with van der Waals surface area (Å²) in [6, 6.07) is 14.1. The molecule has 2 rings (SSSR count). The highest BCUT2D eigenvalue weighted by Crippen LogP contribution is 2.27. The highest BCUT2D eigenvalue weighted by molar-refractivity contribution is 14.1. The molecule has 0 fully saturated rings. The number of carbonyl (C=O) groups is 1. The number of para-hydroxylation sites is 1. The van der Waals surface area contributed by atoms with Crippen LogP contribution in [-0.4, -0.2) is 11.1 Å². The summed E-state index contributed by atoms with van der Waals surface area (Å²) in [7, 11) is 0. The lowest BCUT2D eigenvalue weighted by Gasteiger charge is -2.08. The fourth-order valence-electron chi connectivity index (χ4n) is 1.37. The molecule has 0 unspecified atom stereocenters. The molecule has 2 aromatic rings. The van der Waals surface area contributed by atoms with Gasteiger partial charge in [0.05, 0.1) is 0 Å². The zero-order valence-electron chi connectivity index (χ0n) is 8.76. The predicted octanol–water partition coefficient (Wildman–Crippen LogP) is 3.78. The van der Waals surface area contributed by atoms with Crippen molar-refractivity contribution >= 4 is 28.6 Å². The third-order valence-electron chi connectivity index (χ3n) is 2.15. The molecule has 0 radical (unpaired) electrons. The first-order chi connectivity index (χ1) is 8.16. The van der Waals surface area contributed by atoms with Gasteiger partial charge in [-0.2, -0.15) is 0 Å². The van der Waals surface area contributed by atoms with E-state index >= 15 is 0 Å². The van der Waals surface area contributed by atoms with Gasteiger partial charge in [-0.1, -0.05) is 18.2 Å². The summed E-state index contributed by atoms with van der Waals surface area (Å²) in [5.41, 5.74) is 0.161. The number of ether oxygens (including phenoxy) is 1. The van der Waals surface area contributed by atoms with Gasteiger partial charge < -0.3 is 9.84 Å². The molecule has 0 saturated carbocycles. The molecule has 86 valence electrons. The number of hydrogen-bond donors (Lipinski definition) is 1. The van der Waals surface area contributed by atoms with E-state index in [0.717, 1.165) is 3.57 Å². The van der Waals surface area contributed by atoms with Crippen LogP contribution in [0.1, 0.15) is 10.4 Å². The van der Waals surface area contributed by atoms with Gasteiger partial charge in [-0.05, 0) is 52.9 Å². The van der Waals surface area contributed by atoms with Crippen LogP contribution in [0.3, 0.4) is 0 Å². The van der Waals surface area contributed by atoms with Gasteiger partial charge >= 0.3 is 5.97 Å². The number of halogens is 1. The van der Waals surface area contributed by atoms with Crippen molar-refractivity contribution in [3.63, 3.8) is 0 Å². The summed E-state index contributed by atoms with van der Waals surface area (Å²) in [6.45, 7) is 0. The lowest BCUT2D eigenvalue weighted by atomic mass is 10.2. The van der Waals surface area contributed by atoms with E-state index in [2.05, 4.69) is 22.6 Å². The molecule has 0 saturated heterocycles. The summed E-state index contributed by atoms with van der Waals surface area (Å²) in [5, 5.41) is 9.05. The van der Waals surface area contributed by atoms with Gasteiger partial charge in [0.2, 0.25) is 0 Å². The number of benzene rings is 2. The molecule has 0 spiro atoms. The van der Waals surface area contributed by atoms with Crippen molar-refractivity contribution < 1.29 is 14.6 Å². The molecular weight excluding hydrogens is 331 g/mol. The second-order valence-electron chi connectivity index (χ2n) is 3.36. The normalized spacial score (nSPS) is 9.94. The Balaban J connectivity index is 2.37. The van der Waals surface area contributed by atoms with Crippen molar-refractivity contribution in [2.45, 2.75) is 0 Å². The average Bonchev–Trinajstić information content (AvgIpc) is 2.30. The van der Waals surface area contributed by atoms with E-state index in [4.69, 9.17) is 9.84 Å². The highest BCUT2D eigenvalue weighted by atomic mass is 127. The van der Waals surface area contributed by atoms with Crippen LogP contribution in [0.4, 0.5) is 0 Å². The number of carboxylic acid groups (broad SMARTS) is 1. The Bertz CT molecular complexity index is 538. The molecule has 0 aromatic heterocycles. The summed E-state index contributed by atoms with van der Waals surface area (Å²) < 4.78 is 6.50. The first-order valence-corrected chi connectivity index (χ1v) is 6.00. The number of rotatable bonds is 3. The summed E-state index contributed by atoms with van der Waals surface area (Å²) in [4.78, 5) is 11.0. The minimum Gasteiger partial charge on any atom is -0.478 e. The van der Waals surface area contributed by atoms with Gasteiger partial charge in [0.1, 0.15) is 17.1 Å². The lowest BCUT2D eigenvalue weighted by molar-refractivity contribution is 0.0694. The van der Waals surface area contributed by atoms with Crippen LogP contribution < -0.4 is 4.74 Å². The van der Waals surface area contributed by atoms with E-state index in [-0.39, 0.29) is 5.56 Å². The SMILES string of the molecule is O=C(O)c1ccc(I)cc1Oc1ccccc1. The topological polar surface area (TPSA) is 46.5 Å². The summed E-state index contributed by atoms with van der Waals surface area (Å²) in [6.07, 6.45) is 0. The van der Waals surface area contributed by atoms with Crippen molar-refractivity contribution in [2.24, 2.45) is 0 Å². The summed E-state index contributed by atoms with van der Waals surface area (Å²) >= 11 is 2.12. The van der Waals surface area contributed by atoms with E-state index in [1.807, 2.05) is 18.2 Å². The maximum absolute atomic E-state index is 11.0. The Labute approximate surface area is 112 Å². The van der Waals surface area contributed by atoms with E-state index in [9.17, 15) is 4.79 Å². The lowest BCUT2D eigenvalue weighted by Crippen LogP contribution is -2.00. The van der Waals surface area contributed by atoms with Gasteiger partial charge in [-0.3, -0.25) is 0 Å². The zero-order chi connectivity index (χ0) is 12.3. The van der Waals surface area contributed by atoms with E-state index in [0.29, 0.717) is 11.5 Å². The second-order valence-corrected chi connectivity index (χ2v) is 4.61. The Morgan fingerprint density at radius 1 is 1.12 bits per heavy atom.